The average molecular weight is 281 g/mol. The van der Waals surface area contributed by atoms with Crippen LogP contribution in [0.3, 0.4) is 0 Å². The zero-order valence-corrected chi connectivity index (χ0v) is 12.3. The lowest BCUT2D eigenvalue weighted by molar-refractivity contribution is 0.143. The van der Waals surface area contributed by atoms with Gasteiger partial charge in [0.15, 0.2) is 0 Å². The van der Waals surface area contributed by atoms with Crippen molar-refractivity contribution in [3.8, 4) is 6.01 Å². The Bertz CT molecular complexity index is 443. The van der Waals surface area contributed by atoms with Crippen LogP contribution in [0.2, 0.25) is 0 Å². The van der Waals surface area contributed by atoms with Gasteiger partial charge >= 0.3 is 6.01 Å². The first-order valence-corrected chi connectivity index (χ1v) is 7.12. The average Bonchev–Trinajstić information content (AvgIpc) is 2.33. The minimum Gasteiger partial charge on any atom is -0.461 e. The maximum Gasteiger partial charge on any atom is 0.323 e. The first-order valence-electron chi connectivity index (χ1n) is 7.12. The standard InChI is InChI=1S/C13H23N5O2/c1-4-14-10-15-11(17-12(16-10)20-9(2)3)18-13(8-19)6-5-7-13/h9,19H,4-8H2,1-3H3,(H2,14,15,16,17,18). The molecule has 0 unspecified atom stereocenters. The fourth-order valence-electron chi connectivity index (χ4n) is 2.08. The molecule has 0 amide bonds. The highest BCUT2D eigenvalue weighted by molar-refractivity contribution is 5.38. The number of rotatable bonds is 7. The molecular weight excluding hydrogens is 258 g/mol. The largest absolute Gasteiger partial charge is 0.461 e. The molecular formula is C13H23N5O2. The Labute approximate surface area is 119 Å². The molecule has 1 fully saturated rings. The van der Waals surface area contributed by atoms with E-state index in [9.17, 15) is 5.11 Å². The van der Waals surface area contributed by atoms with Crippen LogP contribution in [-0.2, 0) is 0 Å². The highest BCUT2D eigenvalue weighted by atomic mass is 16.5. The Kier molecular flexibility index (Phi) is 4.59. The number of nitrogens with zero attached hydrogens (tertiary/aromatic N) is 3. The SMILES string of the molecule is CCNc1nc(NC2(CO)CCC2)nc(OC(C)C)n1. The summed E-state index contributed by atoms with van der Waals surface area (Å²) in [6.45, 7) is 6.61. The predicted octanol–water partition coefficient (Wildman–Crippen LogP) is 1.42. The molecule has 2 rings (SSSR count). The van der Waals surface area contributed by atoms with Gasteiger partial charge in [0.1, 0.15) is 0 Å². The van der Waals surface area contributed by atoms with Crippen LogP contribution < -0.4 is 15.4 Å². The fourth-order valence-corrected chi connectivity index (χ4v) is 2.08. The van der Waals surface area contributed by atoms with Crippen molar-refractivity contribution in [2.75, 3.05) is 23.8 Å². The summed E-state index contributed by atoms with van der Waals surface area (Å²) in [5.41, 5.74) is -0.292. The van der Waals surface area contributed by atoms with E-state index >= 15 is 0 Å². The molecule has 20 heavy (non-hydrogen) atoms. The zero-order valence-electron chi connectivity index (χ0n) is 12.3. The molecule has 1 heterocycles. The molecule has 3 N–H and O–H groups in total. The van der Waals surface area contributed by atoms with Crippen LogP contribution in [0.25, 0.3) is 0 Å². The smallest absolute Gasteiger partial charge is 0.323 e. The third-order valence-electron chi connectivity index (χ3n) is 3.28. The summed E-state index contributed by atoms with van der Waals surface area (Å²) in [6, 6.07) is 0.292. The van der Waals surface area contributed by atoms with Gasteiger partial charge in [-0.05, 0) is 40.0 Å². The van der Waals surface area contributed by atoms with Gasteiger partial charge in [-0.1, -0.05) is 0 Å². The second-order valence-corrected chi connectivity index (χ2v) is 5.38. The highest BCUT2D eigenvalue weighted by Crippen LogP contribution is 2.34. The number of aromatic nitrogens is 3. The van der Waals surface area contributed by atoms with Crippen LogP contribution in [0.1, 0.15) is 40.0 Å². The van der Waals surface area contributed by atoms with Gasteiger partial charge < -0.3 is 20.5 Å². The zero-order chi connectivity index (χ0) is 14.6. The molecule has 0 radical (unpaired) electrons. The Morgan fingerprint density at radius 3 is 2.45 bits per heavy atom. The molecule has 0 saturated heterocycles. The normalized spacial score (nSPS) is 16.6. The molecule has 0 atom stereocenters. The van der Waals surface area contributed by atoms with Crippen molar-refractivity contribution in [1.82, 2.24) is 15.0 Å². The topological polar surface area (TPSA) is 92.2 Å². The molecule has 7 nitrogen and oxygen atoms in total. The first kappa shape index (κ1) is 14.8. The van der Waals surface area contributed by atoms with E-state index in [1.54, 1.807) is 0 Å². The van der Waals surface area contributed by atoms with Gasteiger partial charge in [-0.25, -0.2) is 0 Å². The van der Waals surface area contributed by atoms with Crippen molar-refractivity contribution in [1.29, 1.82) is 0 Å². The molecule has 0 aliphatic heterocycles. The quantitative estimate of drug-likeness (QED) is 0.696. The number of anilines is 2. The summed E-state index contributed by atoms with van der Waals surface area (Å²) in [4.78, 5) is 12.8. The van der Waals surface area contributed by atoms with Gasteiger partial charge in [-0.15, -0.1) is 0 Å². The molecule has 112 valence electrons. The molecule has 1 aliphatic carbocycles. The lowest BCUT2D eigenvalue weighted by Gasteiger charge is -2.40. The van der Waals surface area contributed by atoms with E-state index in [2.05, 4.69) is 25.6 Å². The van der Waals surface area contributed by atoms with E-state index in [1.807, 2.05) is 20.8 Å². The Morgan fingerprint density at radius 2 is 1.95 bits per heavy atom. The van der Waals surface area contributed by atoms with Gasteiger partial charge in [0.25, 0.3) is 0 Å². The van der Waals surface area contributed by atoms with Crippen molar-refractivity contribution in [3.05, 3.63) is 0 Å². The van der Waals surface area contributed by atoms with E-state index in [-0.39, 0.29) is 18.2 Å². The van der Waals surface area contributed by atoms with Crippen molar-refractivity contribution in [3.63, 3.8) is 0 Å². The van der Waals surface area contributed by atoms with Gasteiger partial charge in [0, 0.05) is 6.54 Å². The lowest BCUT2D eigenvalue weighted by atomic mass is 9.77. The Balaban J connectivity index is 2.19. The summed E-state index contributed by atoms with van der Waals surface area (Å²) in [5, 5.41) is 15.8. The summed E-state index contributed by atoms with van der Waals surface area (Å²) in [6.07, 6.45) is 2.95. The van der Waals surface area contributed by atoms with Crippen molar-refractivity contribution in [2.45, 2.75) is 51.7 Å². The van der Waals surface area contributed by atoms with Crippen LogP contribution in [0.4, 0.5) is 11.9 Å². The number of nitrogens with one attached hydrogen (secondary N) is 2. The van der Waals surface area contributed by atoms with Crippen LogP contribution in [0.5, 0.6) is 6.01 Å². The number of hydrogen-bond acceptors (Lipinski definition) is 7. The van der Waals surface area contributed by atoms with Gasteiger partial charge in [0.05, 0.1) is 18.2 Å². The van der Waals surface area contributed by atoms with E-state index in [0.717, 1.165) is 25.8 Å². The van der Waals surface area contributed by atoms with Crippen molar-refractivity contribution < 1.29 is 9.84 Å². The van der Waals surface area contributed by atoms with E-state index in [1.165, 1.54) is 0 Å². The van der Waals surface area contributed by atoms with E-state index < -0.39 is 0 Å². The molecule has 1 aromatic rings. The van der Waals surface area contributed by atoms with Gasteiger partial charge in [0.2, 0.25) is 11.9 Å². The van der Waals surface area contributed by atoms with Crippen LogP contribution >= 0.6 is 0 Å². The molecule has 1 saturated carbocycles. The van der Waals surface area contributed by atoms with E-state index in [4.69, 9.17) is 4.74 Å². The second kappa shape index (κ2) is 6.21. The van der Waals surface area contributed by atoms with Crippen LogP contribution in [0.15, 0.2) is 0 Å². The number of hydrogen-bond donors (Lipinski definition) is 3. The number of aliphatic hydroxyl groups excluding tert-OH is 1. The van der Waals surface area contributed by atoms with Crippen molar-refractivity contribution in [2.24, 2.45) is 0 Å². The Hall–Kier alpha value is -1.63. The maximum absolute atomic E-state index is 9.50. The first-order chi connectivity index (χ1) is 9.57. The van der Waals surface area contributed by atoms with Crippen molar-refractivity contribution >= 4 is 11.9 Å². The third kappa shape index (κ3) is 3.47. The number of ether oxygens (including phenoxy) is 1. The molecule has 0 aromatic carbocycles. The fraction of sp³-hybridized carbons (Fsp3) is 0.769. The second-order valence-electron chi connectivity index (χ2n) is 5.38. The molecule has 7 heteroatoms. The molecule has 0 bridgehead atoms. The van der Waals surface area contributed by atoms with Gasteiger partial charge in [-0.2, -0.15) is 15.0 Å². The third-order valence-corrected chi connectivity index (χ3v) is 3.28. The minimum atomic E-state index is -0.292. The Morgan fingerprint density at radius 1 is 1.25 bits per heavy atom. The summed E-state index contributed by atoms with van der Waals surface area (Å²) < 4.78 is 5.54. The summed E-state index contributed by atoms with van der Waals surface area (Å²) in [5.74, 6) is 0.924. The minimum absolute atomic E-state index is 0.00442. The summed E-state index contributed by atoms with van der Waals surface area (Å²) in [7, 11) is 0. The lowest BCUT2D eigenvalue weighted by Crippen LogP contribution is -2.48. The maximum atomic E-state index is 9.50. The van der Waals surface area contributed by atoms with Gasteiger partial charge in [-0.3, -0.25) is 0 Å². The molecule has 0 spiro atoms. The van der Waals surface area contributed by atoms with Crippen LogP contribution in [-0.4, -0.2) is 44.9 Å². The molecule has 1 aromatic heterocycles. The molecule has 1 aliphatic rings. The van der Waals surface area contributed by atoms with E-state index in [0.29, 0.717) is 17.9 Å². The van der Waals surface area contributed by atoms with Crippen LogP contribution in [0, 0.1) is 0 Å². The number of aliphatic hydroxyl groups is 1. The monoisotopic (exact) mass is 281 g/mol. The highest BCUT2D eigenvalue weighted by Gasteiger charge is 2.37. The predicted molar refractivity (Wildman–Crippen MR) is 77.0 cm³/mol. The summed E-state index contributed by atoms with van der Waals surface area (Å²) >= 11 is 0.